The van der Waals surface area contributed by atoms with Gasteiger partial charge in [0.1, 0.15) is 23.5 Å². The molecule has 2 aliphatic heterocycles. The molecule has 3 aromatic rings. The fourth-order valence-electron chi connectivity index (χ4n) is 4.49. The summed E-state index contributed by atoms with van der Waals surface area (Å²) >= 11 is 5.81. The summed E-state index contributed by atoms with van der Waals surface area (Å²) in [6.45, 7) is 5.18. The lowest BCUT2D eigenvalue weighted by Crippen LogP contribution is -2.44. The van der Waals surface area contributed by atoms with E-state index in [4.69, 9.17) is 16.3 Å². The number of halogens is 2. The number of carbonyl (C=O) groups is 2. The normalized spacial score (nSPS) is 19.0. The summed E-state index contributed by atoms with van der Waals surface area (Å²) in [5.74, 6) is 0.748. The topological polar surface area (TPSA) is 87.7 Å². The lowest BCUT2D eigenvalue weighted by molar-refractivity contribution is -0.120. The first kappa shape index (κ1) is 24.0. The molecule has 0 aliphatic carbocycles. The molecular weight excluding hydrogens is 485 g/mol. The van der Waals surface area contributed by atoms with Crippen molar-refractivity contribution in [2.24, 2.45) is 5.92 Å². The van der Waals surface area contributed by atoms with Gasteiger partial charge in [-0.3, -0.25) is 9.69 Å². The van der Waals surface area contributed by atoms with Crippen LogP contribution in [0.4, 0.5) is 26.5 Å². The van der Waals surface area contributed by atoms with E-state index in [0.29, 0.717) is 30.5 Å². The number of rotatable bonds is 4. The van der Waals surface area contributed by atoms with Crippen molar-refractivity contribution in [1.82, 2.24) is 9.97 Å². The number of ketones is 1. The summed E-state index contributed by atoms with van der Waals surface area (Å²) < 4.78 is 20.2. The Labute approximate surface area is 213 Å². The first-order valence-electron chi connectivity index (χ1n) is 11.7. The zero-order valence-corrected chi connectivity index (χ0v) is 20.6. The summed E-state index contributed by atoms with van der Waals surface area (Å²) in [6, 6.07) is 9.12. The van der Waals surface area contributed by atoms with Crippen LogP contribution in [-0.2, 0) is 4.79 Å². The van der Waals surface area contributed by atoms with E-state index >= 15 is 0 Å². The Bertz CT molecular complexity index is 1320. The van der Waals surface area contributed by atoms with Gasteiger partial charge in [-0.25, -0.2) is 19.2 Å². The second-order valence-electron chi connectivity index (χ2n) is 9.09. The van der Waals surface area contributed by atoms with Crippen LogP contribution in [0.1, 0.15) is 20.3 Å². The smallest absolute Gasteiger partial charge is 0.326 e. The van der Waals surface area contributed by atoms with E-state index in [1.54, 1.807) is 25.4 Å². The summed E-state index contributed by atoms with van der Waals surface area (Å²) in [7, 11) is 0. The van der Waals surface area contributed by atoms with Gasteiger partial charge in [0, 0.05) is 42.0 Å². The monoisotopic (exact) mass is 509 g/mol. The SMILES string of the molecule is CC(=O)C1CCN(c2ncc(-c3ccc4c(c3)OC(C)CN4C(=O)Nc3ccc(Cl)cc3F)cn2)C1. The Kier molecular flexibility index (Phi) is 6.49. The zero-order chi connectivity index (χ0) is 25.4. The number of carbonyl (C=O) groups excluding carboxylic acids is 2. The fraction of sp³-hybridized carbons (Fsp3) is 0.308. The standard InChI is InChI=1S/C26H25ClFN5O3/c1-15-13-33(26(35)31-22-5-4-20(27)10-21(22)28)23-6-3-17(9-24(23)36-15)19-11-29-25(30-12-19)32-8-7-18(14-32)16(2)34/h3-6,9-12,15,18H,7-8,13-14H2,1-2H3,(H,31,35). The van der Waals surface area contributed by atoms with Gasteiger partial charge in [-0.1, -0.05) is 17.7 Å². The number of Topliss-reactive ketones (excluding diaryl/α,β-unsaturated/α-hetero) is 1. The largest absolute Gasteiger partial charge is 0.487 e. The molecule has 1 fully saturated rings. The summed E-state index contributed by atoms with van der Waals surface area (Å²) in [5.41, 5.74) is 2.26. The van der Waals surface area contributed by atoms with Crippen LogP contribution in [0, 0.1) is 11.7 Å². The second kappa shape index (κ2) is 9.73. The Morgan fingerprint density at radius 3 is 2.58 bits per heavy atom. The average Bonchev–Trinajstić information content (AvgIpc) is 3.36. The number of aromatic nitrogens is 2. The van der Waals surface area contributed by atoms with E-state index in [2.05, 4.69) is 15.3 Å². The fourth-order valence-corrected chi connectivity index (χ4v) is 4.65. The molecule has 2 amide bonds. The van der Waals surface area contributed by atoms with Crippen molar-refractivity contribution < 1.29 is 18.7 Å². The molecule has 0 saturated carbocycles. The average molecular weight is 510 g/mol. The van der Waals surface area contributed by atoms with E-state index in [1.165, 1.54) is 17.0 Å². The minimum absolute atomic E-state index is 0.0318. The van der Waals surface area contributed by atoms with Crippen molar-refractivity contribution in [2.75, 3.05) is 34.8 Å². The van der Waals surface area contributed by atoms with Gasteiger partial charge >= 0.3 is 6.03 Å². The van der Waals surface area contributed by atoms with Crippen molar-refractivity contribution in [3.8, 4) is 16.9 Å². The highest BCUT2D eigenvalue weighted by Gasteiger charge is 2.29. The van der Waals surface area contributed by atoms with Gasteiger partial charge in [-0.15, -0.1) is 0 Å². The Morgan fingerprint density at radius 2 is 1.89 bits per heavy atom. The van der Waals surface area contributed by atoms with Crippen LogP contribution in [-0.4, -0.2) is 47.5 Å². The van der Waals surface area contributed by atoms with E-state index in [1.807, 2.05) is 24.0 Å². The molecule has 2 aliphatic rings. The number of ether oxygens (including phenoxy) is 1. The van der Waals surface area contributed by atoms with Crippen LogP contribution in [0.2, 0.25) is 5.02 Å². The van der Waals surface area contributed by atoms with E-state index in [0.717, 1.165) is 30.2 Å². The van der Waals surface area contributed by atoms with Crippen molar-refractivity contribution >= 4 is 40.7 Å². The molecule has 2 aromatic carbocycles. The zero-order valence-electron chi connectivity index (χ0n) is 19.9. The molecule has 5 rings (SSSR count). The van der Waals surface area contributed by atoms with Gasteiger partial charge < -0.3 is 15.0 Å². The molecule has 0 radical (unpaired) electrons. The Morgan fingerprint density at radius 1 is 1.11 bits per heavy atom. The number of amides is 2. The number of anilines is 3. The predicted octanol–water partition coefficient (Wildman–Crippen LogP) is 5.17. The highest BCUT2D eigenvalue weighted by molar-refractivity contribution is 6.30. The highest BCUT2D eigenvalue weighted by atomic mass is 35.5. The molecule has 2 atom stereocenters. The van der Waals surface area contributed by atoms with Crippen LogP contribution in [0.5, 0.6) is 5.75 Å². The number of hydrogen-bond donors (Lipinski definition) is 1. The third-order valence-electron chi connectivity index (χ3n) is 6.45. The van der Waals surface area contributed by atoms with Gasteiger partial charge in [-0.05, 0) is 56.2 Å². The maximum atomic E-state index is 14.2. The molecule has 36 heavy (non-hydrogen) atoms. The summed E-state index contributed by atoms with van der Waals surface area (Å²) in [5, 5.41) is 2.86. The first-order chi connectivity index (χ1) is 17.3. The molecule has 2 unspecified atom stereocenters. The van der Waals surface area contributed by atoms with Gasteiger partial charge in [0.2, 0.25) is 5.95 Å². The van der Waals surface area contributed by atoms with Gasteiger partial charge in [0.25, 0.3) is 0 Å². The van der Waals surface area contributed by atoms with E-state index < -0.39 is 11.8 Å². The number of fused-ring (bicyclic) bond motifs is 1. The van der Waals surface area contributed by atoms with Crippen LogP contribution < -0.4 is 19.9 Å². The number of urea groups is 1. The first-order valence-corrected chi connectivity index (χ1v) is 12.1. The molecule has 1 saturated heterocycles. The lowest BCUT2D eigenvalue weighted by atomic mass is 10.1. The molecule has 8 nitrogen and oxygen atoms in total. The number of nitrogens with one attached hydrogen (secondary N) is 1. The quantitative estimate of drug-likeness (QED) is 0.522. The third-order valence-corrected chi connectivity index (χ3v) is 6.69. The van der Waals surface area contributed by atoms with Gasteiger partial charge in [0.15, 0.2) is 0 Å². The molecule has 1 N–H and O–H groups in total. The molecule has 10 heteroatoms. The Balaban J connectivity index is 1.35. The van der Waals surface area contributed by atoms with E-state index in [-0.39, 0.29) is 28.5 Å². The summed E-state index contributed by atoms with van der Waals surface area (Å²) in [4.78, 5) is 37.2. The van der Waals surface area contributed by atoms with Crippen LogP contribution in [0.15, 0.2) is 48.8 Å². The molecular formula is C26H25ClFN5O3. The number of nitrogens with zero attached hydrogens (tertiary/aromatic N) is 4. The molecule has 0 bridgehead atoms. The minimum Gasteiger partial charge on any atom is -0.487 e. The molecule has 0 spiro atoms. The molecule has 186 valence electrons. The minimum atomic E-state index is -0.609. The van der Waals surface area contributed by atoms with Crippen LogP contribution in [0.25, 0.3) is 11.1 Å². The molecule has 1 aromatic heterocycles. The van der Waals surface area contributed by atoms with Crippen molar-refractivity contribution in [1.29, 1.82) is 0 Å². The van der Waals surface area contributed by atoms with Crippen LogP contribution >= 0.6 is 11.6 Å². The Hall–Kier alpha value is -3.72. The van der Waals surface area contributed by atoms with Crippen molar-refractivity contribution in [2.45, 2.75) is 26.4 Å². The van der Waals surface area contributed by atoms with Gasteiger partial charge in [-0.2, -0.15) is 0 Å². The summed E-state index contributed by atoms with van der Waals surface area (Å²) in [6.07, 6.45) is 4.03. The third kappa shape index (κ3) is 4.83. The van der Waals surface area contributed by atoms with Crippen molar-refractivity contribution in [3.05, 3.63) is 59.6 Å². The molecule has 3 heterocycles. The van der Waals surface area contributed by atoms with E-state index in [9.17, 15) is 14.0 Å². The highest BCUT2D eigenvalue weighted by Crippen LogP contribution is 2.37. The predicted molar refractivity (Wildman–Crippen MR) is 136 cm³/mol. The maximum Gasteiger partial charge on any atom is 0.326 e. The lowest BCUT2D eigenvalue weighted by Gasteiger charge is -2.33. The second-order valence-corrected chi connectivity index (χ2v) is 9.53. The van der Waals surface area contributed by atoms with Crippen LogP contribution in [0.3, 0.4) is 0 Å². The number of benzene rings is 2. The van der Waals surface area contributed by atoms with Crippen molar-refractivity contribution in [3.63, 3.8) is 0 Å². The van der Waals surface area contributed by atoms with Gasteiger partial charge in [0.05, 0.1) is 17.9 Å². The maximum absolute atomic E-state index is 14.2. The number of hydrogen-bond acceptors (Lipinski definition) is 6.